The van der Waals surface area contributed by atoms with Gasteiger partial charge in [0.25, 0.3) is 0 Å². The summed E-state index contributed by atoms with van der Waals surface area (Å²) in [7, 11) is 0. The zero-order chi connectivity index (χ0) is 17.1. The molecule has 1 aliphatic rings. The van der Waals surface area contributed by atoms with Crippen molar-refractivity contribution in [1.29, 1.82) is 0 Å². The molecule has 1 saturated heterocycles. The number of carboxylic acids is 1. The Balaban J connectivity index is 2.41. The molecule has 2 atom stereocenters. The van der Waals surface area contributed by atoms with Crippen LogP contribution in [0.25, 0.3) is 0 Å². The number of carboxylic acid groups (broad SMARTS) is 1. The fourth-order valence-corrected chi connectivity index (χ4v) is 2.44. The second kappa shape index (κ2) is 6.60. The maximum absolute atomic E-state index is 11.3. The molecular formula is C12H18N6O5. The van der Waals surface area contributed by atoms with Gasteiger partial charge in [-0.05, 0) is 13.8 Å². The molecule has 0 aromatic carbocycles. The van der Waals surface area contributed by atoms with E-state index in [0.29, 0.717) is 13.1 Å². The fraction of sp³-hybridized carbons (Fsp3) is 0.583. The molecule has 0 spiro atoms. The van der Waals surface area contributed by atoms with E-state index in [1.54, 1.807) is 4.90 Å². The number of aromatic nitrogens is 2. The van der Waals surface area contributed by atoms with Crippen LogP contribution < -0.4 is 16.0 Å². The van der Waals surface area contributed by atoms with Gasteiger partial charge in [0.1, 0.15) is 6.54 Å². The molecule has 4 N–H and O–H groups in total. The van der Waals surface area contributed by atoms with E-state index in [9.17, 15) is 14.9 Å². The van der Waals surface area contributed by atoms with Crippen LogP contribution in [0.4, 0.5) is 23.3 Å². The summed E-state index contributed by atoms with van der Waals surface area (Å²) in [6.45, 7) is 4.08. The summed E-state index contributed by atoms with van der Waals surface area (Å²) in [5.41, 5.74) is 5.27. The highest BCUT2D eigenvalue weighted by molar-refractivity contribution is 5.74. The van der Waals surface area contributed by atoms with Gasteiger partial charge in [0.05, 0.1) is 17.1 Å². The van der Waals surface area contributed by atoms with Gasteiger partial charge < -0.3 is 25.8 Å². The number of hydrogen-bond acceptors (Lipinski definition) is 9. The van der Waals surface area contributed by atoms with Gasteiger partial charge >= 0.3 is 11.7 Å². The molecule has 1 fully saturated rings. The molecule has 23 heavy (non-hydrogen) atoms. The monoisotopic (exact) mass is 326 g/mol. The van der Waals surface area contributed by atoms with E-state index in [1.807, 2.05) is 13.8 Å². The van der Waals surface area contributed by atoms with Crippen LogP contribution in [0.15, 0.2) is 0 Å². The lowest BCUT2D eigenvalue weighted by Gasteiger charge is -2.35. The summed E-state index contributed by atoms with van der Waals surface area (Å²) in [5, 5.41) is 22.5. The molecule has 0 bridgehead atoms. The molecule has 2 rings (SSSR count). The quantitative estimate of drug-likeness (QED) is 0.499. The van der Waals surface area contributed by atoms with Crippen LogP contribution in [0.5, 0.6) is 0 Å². The predicted molar refractivity (Wildman–Crippen MR) is 81.4 cm³/mol. The third-order valence-corrected chi connectivity index (χ3v) is 3.19. The number of nitrogens with zero attached hydrogens (tertiary/aromatic N) is 4. The number of anilines is 3. The van der Waals surface area contributed by atoms with Crippen molar-refractivity contribution >= 4 is 29.2 Å². The number of nitro groups is 1. The van der Waals surface area contributed by atoms with Crippen molar-refractivity contribution in [1.82, 2.24) is 9.97 Å². The number of nitrogens with one attached hydrogen (secondary N) is 1. The van der Waals surface area contributed by atoms with Crippen LogP contribution >= 0.6 is 0 Å². The van der Waals surface area contributed by atoms with Gasteiger partial charge in [-0.2, -0.15) is 9.97 Å². The Morgan fingerprint density at radius 1 is 1.48 bits per heavy atom. The van der Waals surface area contributed by atoms with Gasteiger partial charge in [0.15, 0.2) is 0 Å². The Labute approximate surface area is 131 Å². The molecular weight excluding hydrogens is 308 g/mol. The minimum Gasteiger partial charge on any atom is -0.480 e. The van der Waals surface area contributed by atoms with E-state index in [4.69, 9.17) is 15.6 Å². The summed E-state index contributed by atoms with van der Waals surface area (Å²) in [5.74, 6) is -1.45. The summed E-state index contributed by atoms with van der Waals surface area (Å²) >= 11 is 0. The molecule has 11 heteroatoms. The number of morpholine rings is 1. The third-order valence-electron chi connectivity index (χ3n) is 3.19. The highest BCUT2D eigenvalue weighted by atomic mass is 16.6. The first-order valence-electron chi connectivity index (χ1n) is 6.96. The Hall–Kier alpha value is -2.69. The van der Waals surface area contributed by atoms with Crippen LogP contribution in [-0.2, 0) is 9.53 Å². The van der Waals surface area contributed by atoms with Gasteiger partial charge in [-0.25, -0.2) is 0 Å². The predicted octanol–water partition coefficient (Wildman–Crippen LogP) is 0.0771. The van der Waals surface area contributed by atoms with Crippen molar-refractivity contribution in [2.75, 3.05) is 35.6 Å². The number of aliphatic carboxylic acids is 1. The molecule has 1 aliphatic heterocycles. The van der Waals surface area contributed by atoms with Gasteiger partial charge in [0.2, 0.25) is 17.6 Å². The highest BCUT2D eigenvalue weighted by Crippen LogP contribution is 2.33. The normalized spacial score (nSPS) is 21.0. The fourth-order valence-electron chi connectivity index (χ4n) is 2.44. The van der Waals surface area contributed by atoms with E-state index in [1.165, 1.54) is 0 Å². The van der Waals surface area contributed by atoms with E-state index in [2.05, 4.69) is 15.3 Å². The molecule has 1 aromatic rings. The smallest absolute Gasteiger partial charge is 0.353 e. The van der Waals surface area contributed by atoms with Gasteiger partial charge in [-0.15, -0.1) is 0 Å². The Kier molecular flexibility index (Phi) is 4.79. The van der Waals surface area contributed by atoms with Crippen molar-refractivity contribution in [3.8, 4) is 0 Å². The van der Waals surface area contributed by atoms with Crippen molar-refractivity contribution in [3.05, 3.63) is 10.1 Å². The Bertz CT molecular complexity index is 614. The molecule has 126 valence electrons. The Morgan fingerprint density at radius 2 is 2.09 bits per heavy atom. The average molecular weight is 326 g/mol. The van der Waals surface area contributed by atoms with E-state index >= 15 is 0 Å². The van der Waals surface area contributed by atoms with Gasteiger partial charge in [-0.3, -0.25) is 14.9 Å². The number of hydrogen-bond donors (Lipinski definition) is 3. The lowest BCUT2D eigenvalue weighted by atomic mass is 10.2. The average Bonchev–Trinajstić information content (AvgIpc) is 2.42. The largest absolute Gasteiger partial charge is 0.480 e. The zero-order valence-corrected chi connectivity index (χ0v) is 12.7. The van der Waals surface area contributed by atoms with E-state index < -0.39 is 23.1 Å². The van der Waals surface area contributed by atoms with Crippen molar-refractivity contribution in [2.24, 2.45) is 0 Å². The zero-order valence-electron chi connectivity index (χ0n) is 12.7. The standard InChI is InChI=1S/C12H18N6O5/c1-6-4-17(5-7(2)23-6)11-9(18(21)22)10(13)15-12(16-11)14-3-8(19)20/h6-7H,3-5H2,1-2H3,(H,19,20)(H3,13,14,15,16)/t6-,7+. The topological polar surface area (TPSA) is 157 Å². The second-order valence-electron chi connectivity index (χ2n) is 5.27. The lowest BCUT2D eigenvalue weighted by Crippen LogP contribution is -2.46. The summed E-state index contributed by atoms with van der Waals surface area (Å²) in [6, 6.07) is 0. The number of nitrogen functional groups attached to an aromatic ring is 1. The molecule has 0 unspecified atom stereocenters. The van der Waals surface area contributed by atoms with Gasteiger partial charge in [0, 0.05) is 13.1 Å². The van der Waals surface area contributed by atoms with Crippen LogP contribution in [-0.4, -0.2) is 57.8 Å². The minimum absolute atomic E-state index is 0.0531. The second-order valence-corrected chi connectivity index (χ2v) is 5.27. The molecule has 0 amide bonds. The van der Waals surface area contributed by atoms with Crippen LogP contribution in [0.3, 0.4) is 0 Å². The molecule has 0 radical (unpaired) electrons. The lowest BCUT2D eigenvalue weighted by molar-refractivity contribution is -0.383. The van der Waals surface area contributed by atoms with Crippen LogP contribution in [0, 0.1) is 10.1 Å². The van der Waals surface area contributed by atoms with Crippen molar-refractivity contribution < 1.29 is 19.6 Å². The maximum atomic E-state index is 11.3. The van der Waals surface area contributed by atoms with E-state index in [-0.39, 0.29) is 29.8 Å². The van der Waals surface area contributed by atoms with Crippen molar-refractivity contribution in [2.45, 2.75) is 26.1 Å². The molecule has 2 heterocycles. The molecule has 1 aromatic heterocycles. The number of nitrogens with two attached hydrogens (primary N) is 1. The summed E-state index contributed by atoms with van der Waals surface area (Å²) in [6.07, 6.45) is -0.269. The number of carbonyl (C=O) groups is 1. The Morgan fingerprint density at radius 3 is 2.61 bits per heavy atom. The number of rotatable bonds is 5. The van der Waals surface area contributed by atoms with Crippen LogP contribution in [0.2, 0.25) is 0 Å². The first kappa shape index (κ1) is 16.7. The minimum atomic E-state index is -1.11. The highest BCUT2D eigenvalue weighted by Gasteiger charge is 2.32. The van der Waals surface area contributed by atoms with Crippen molar-refractivity contribution in [3.63, 3.8) is 0 Å². The van der Waals surface area contributed by atoms with Crippen LogP contribution in [0.1, 0.15) is 13.8 Å². The molecule has 11 nitrogen and oxygen atoms in total. The number of ether oxygens (including phenoxy) is 1. The maximum Gasteiger partial charge on any atom is 0.353 e. The van der Waals surface area contributed by atoms with E-state index in [0.717, 1.165) is 0 Å². The molecule has 0 aliphatic carbocycles. The third kappa shape index (κ3) is 3.94. The first-order chi connectivity index (χ1) is 10.8. The first-order valence-corrected chi connectivity index (χ1v) is 6.96. The molecule has 0 saturated carbocycles. The summed E-state index contributed by atoms with van der Waals surface area (Å²) in [4.78, 5) is 30.8. The summed E-state index contributed by atoms with van der Waals surface area (Å²) < 4.78 is 5.60. The SMILES string of the molecule is C[C@@H]1CN(c2nc(NCC(=O)O)nc(N)c2[N+](=O)[O-])C[C@H](C)O1. The van der Waals surface area contributed by atoms with Gasteiger partial charge in [-0.1, -0.05) is 0 Å².